The minimum Gasteiger partial charge on any atom is -0.392 e. The van der Waals surface area contributed by atoms with Gasteiger partial charge < -0.3 is 5.11 Å². The zero-order valence-electron chi connectivity index (χ0n) is 8.45. The molecule has 0 aromatic heterocycles. The fourth-order valence-electron chi connectivity index (χ4n) is 2.59. The molecule has 0 saturated carbocycles. The fraction of sp³-hybridized carbons (Fsp3) is 1.00. The molecule has 0 aromatic rings. The minimum atomic E-state index is -0.173. The first-order chi connectivity index (χ1) is 6.25. The van der Waals surface area contributed by atoms with Gasteiger partial charge in [0.25, 0.3) is 0 Å². The lowest BCUT2D eigenvalue weighted by Gasteiger charge is -2.37. The van der Waals surface area contributed by atoms with Crippen LogP contribution in [-0.2, 0) is 0 Å². The highest BCUT2D eigenvalue weighted by Crippen LogP contribution is 2.21. The highest BCUT2D eigenvalue weighted by molar-refractivity contribution is 4.87. The maximum atomic E-state index is 9.29. The maximum Gasteiger partial charge on any atom is 0.0639 e. The van der Waals surface area contributed by atoms with Gasteiger partial charge in [-0.15, -0.1) is 0 Å². The molecule has 0 amide bonds. The van der Waals surface area contributed by atoms with Gasteiger partial charge in [0.05, 0.1) is 6.10 Å². The summed E-state index contributed by atoms with van der Waals surface area (Å²) >= 11 is 0. The van der Waals surface area contributed by atoms with Crippen LogP contribution in [0.3, 0.4) is 0 Å². The van der Waals surface area contributed by atoms with Crippen LogP contribution < -0.4 is 0 Å². The second-order valence-electron chi connectivity index (χ2n) is 4.44. The quantitative estimate of drug-likeness (QED) is 0.661. The van der Waals surface area contributed by atoms with Crippen LogP contribution >= 0.6 is 0 Å². The van der Waals surface area contributed by atoms with Crippen LogP contribution in [-0.4, -0.2) is 59.8 Å². The van der Waals surface area contributed by atoms with Gasteiger partial charge in [0.15, 0.2) is 0 Å². The molecule has 1 N–H and O–H groups in total. The van der Waals surface area contributed by atoms with E-state index in [1.807, 2.05) is 6.92 Å². The van der Waals surface area contributed by atoms with Crippen molar-refractivity contribution in [1.29, 1.82) is 0 Å². The Bertz CT molecular complexity index is 172. The molecule has 0 aliphatic carbocycles. The Morgan fingerprint density at radius 1 is 1.38 bits per heavy atom. The fourth-order valence-corrected chi connectivity index (χ4v) is 2.59. The number of aliphatic hydroxyl groups is 1. The maximum absolute atomic E-state index is 9.29. The van der Waals surface area contributed by atoms with Crippen LogP contribution in [0.15, 0.2) is 0 Å². The summed E-state index contributed by atoms with van der Waals surface area (Å²) in [5, 5.41) is 9.29. The standard InChI is InChI=1S/C10H20N2O/c1-9(13)7-11-5-6-12-4-2-3-10(12)8-11/h9-10,13H,2-8H2,1H3/t9-,10?/m0/s1. The molecule has 0 bridgehead atoms. The molecule has 2 fully saturated rings. The average Bonchev–Trinajstić information content (AvgIpc) is 2.49. The van der Waals surface area contributed by atoms with Gasteiger partial charge in [-0.3, -0.25) is 9.80 Å². The molecule has 0 radical (unpaired) electrons. The Morgan fingerprint density at radius 3 is 3.00 bits per heavy atom. The zero-order chi connectivity index (χ0) is 9.26. The first-order valence-electron chi connectivity index (χ1n) is 5.40. The molecular weight excluding hydrogens is 164 g/mol. The number of aliphatic hydroxyl groups excluding tert-OH is 1. The van der Waals surface area contributed by atoms with Gasteiger partial charge >= 0.3 is 0 Å². The van der Waals surface area contributed by atoms with Crippen LogP contribution in [0, 0.1) is 0 Å². The number of rotatable bonds is 2. The van der Waals surface area contributed by atoms with Gasteiger partial charge in [0.1, 0.15) is 0 Å². The molecule has 76 valence electrons. The summed E-state index contributed by atoms with van der Waals surface area (Å²) in [4.78, 5) is 5.00. The van der Waals surface area contributed by atoms with E-state index in [4.69, 9.17) is 0 Å². The molecule has 2 atom stereocenters. The topological polar surface area (TPSA) is 26.7 Å². The molecule has 2 rings (SSSR count). The highest BCUT2D eigenvalue weighted by Gasteiger charge is 2.30. The second kappa shape index (κ2) is 3.95. The number of piperazine rings is 1. The third kappa shape index (κ3) is 2.22. The largest absolute Gasteiger partial charge is 0.392 e. The van der Waals surface area contributed by atoms with Gasteiger partial charge in [0, 0.05) is 32.2 Å². The van der Waals surface area contributed by atoms with Gasteiger partial charge in [-0.25, -0.2) is 0 Å². The summed E-state index contributed by atoms with van der Waals surface area (Å²) < 4.78 is 0. The summed E-state index contributed by atoms with van der Waals surface area (Å²) in [7, 11) is 0. The molecule has 1 unspecified atom stereocenters. The molecule has 13 heavy (non-hydrogen) atoms. The molecule has 0 spiro atoms. The number of hydrogen-bond acceptors (Lipinski definition) is 3. The van der Waals surface area contributed by atoms with E-state index in [1.54, 1.807) is 0 Å². The summed E-state index contributed by atoms with van der Waals surface area (Å²) in [5.41, 5.74) is 0. The lowest BCUT2D eigenvalue weighted by atomic mass is 10.1. The van der Waals surface area contributed by atoms with E-state index in [0.29, 0.717) is 0 Å². The summed E-state index contributed by atoms with van der Waals surface area (Å²) in [6, 6.07) is 0.785. The minimum absolute atomic E-state index is 0.173. The highest BCUT2D eigenvalue weighted by atomic mass is 16.3. The first-order valence-corrected chi connectivity index (χ1v) is 5.40. The predicted octanol–water partition coefficient (Wildman–Crippen LogP) is 0.147. The number of hydrogen-bond donors (Lipinski definition) is 1. The first kappa shape index (κ1) is 9.44. The van der Waals surface area contributed by atoms with Crippen molar-refractivity contribution in [3.05, 3.63) is 0 Å². The second-order valence-corrected chi connectivity index (χ2v) is 4.44. The molecule has 3 heteroatoms. The molecule has 2 aliphatic rings. The van der Waals surface area contributed by atoms with Gasteiger partial charge in [-0.2, -0.15) is 0 Å². The predicted molar refractivity (Wildman–Crippen MR) is 52.7 cm³/mol. The summed E-state index contributed by atoms with van der Waals surface area (Å²) in [6.45, 7) is 7.54. The molecular formula is C10H20N2O. The molecule has 3 nitrogen and oxygen atoms in total. The van der Waals surface area contributed by atoms with Crippen molar-refractivity contribution in [2.24, 2.45) is 0 Å². The lowest BCUT2D eigenvalue weighted by Crippen LogP contribution is -2.51. The third-order valence-corrected chi connectivity index (χ3v) is 3.19. The van der Waals surface area contributed by atoms with Crippen molar-refractivity contribution in [2.75, 3.05) is 32.7 Å². The summed E-state index contributed by atoms with van der Waals surface area (Å²) in [6.07, 6.45) is 2.55. The number of β-amino-alcohol motifs (C(OH)–C–C–N with tert-alkyl or cyclic N) is 1. The van der Waals surface area contributed by atoms with Crippen molar-refractivity contribution in [1.82, 2.24) is 9.80 Å². The van der Waals surface area contributed by atoms with E-state index in [0.717, 1.165) is 19.1 Å². The van der Waals surface area contributed by atoms with E-state index in [1.165, 1.54) is 32.5 Å². The Morgan fingerprint density at radius 2 is 2.23 bits per heavy atom. The van der Waals surface area contributed by atoms with Gasteiger partial charge in [0.2, 0.25) is 0 Å². The normalized spacial score (nSPS) is 33.2. The van der Waals surface area contributed by atoms with Crippen molar-refractivity contribution < 1.29 is 5.11 Å². The van der Waals surface area contributed by atoms with Crippen LogP contribution in [0.4, 0.5) is 0 Å². The Kier molecular flexibility index (Phi) is 2.86. The lowest BCUT2D eigenvalue weighted by molar-refractivity contribution is 0.0635. The van der Waals surface area contributed by atoms with E-state index >= 15 is 0 Å². The molecule has 0 aromatic carbocycles. The monoisotopic (exact) mass is 184 g/mol. The Labute approximate surface area is 80.3 Å². The Hall–Kier alpha value is -0.120. The van der Waals surface area contributed by atoms with Crippen LogP contribution in [0.25, 0.3) is 0 Å². The summed E-state index contributed by atoms with van der Waals surface area (Å²) in [5.74, 6) is 0. The molecule has 2 heterocycles. The zero-order valence-corrected chi connectivity index (χ0v) is 8.45. The van der Waals surface area contributed by atoms with Gasteiger partial charge in [-0.1, -0.05) is 0 Å². The van der Waals surface area contributed by atoms with Gasteiger partial charge in [-0.05, 0) is 26.3 Å². The number of nitrogens with zero attached hydrogens (tertiary/aromatic N) is 2. The Balaban J connectivity index is 1.83. The molecule has 2 saturated heterocycles. The average molecular weight is 184 g/mol. The van der Waals surface area contributed by atoms with Crippen LogP contribution in [0.5, 0.6) is 0 Å². The smallest absolute Gasteiger partial charge is 0.0639 e. The van der Waals surface area contributed by atoms with E-state index in [-0.39, 0.29) is 6.10 Å². The SMILES string of the molecule is C[C@H](O)CN1CCN2CCCC2C1. The van der Waals surface area contributed by atoms with E-state index in [2.05, 4.69) is 9.80 Å². The van der Waals surface area contributed by atoms with Crippen molar-refractivity contribution in [2.45, 2.75) is 31.9 Å². The van der Waals surface area contributed by atoms with Crippen LogP contribution in [0.2, 0.25) is 0 Å². The van der Waals surface area contributed by atoms with Crippen molar-refractivity contribution in [3.63, 3.8) is 0 Å². The van der Waals surface area contributed by atoms with Crippen molar-refractivity contribution >= 4 is 0 Å². The molecule has 2 aliphatic heterocycles. The van der Waals surface area contributed by atoms with E-state index in [9.17, 15) is 5.11 Å². The number of fused-ring (bicyclic) bond motifs is 1. The van der Waals surface area contributed by atoms with E-state index < -0.39 is 0 Å². The van der Waals surface area contributed by atoms with Crippen LogP contribution in [0.1, 0.15) is 19.8 Å². The third-order valence-electron chi connectivity index (χ3n) is 3.19. The van der Waals surface area contributed by atoms with Crippen molar-refractivity contribution in [3.8, 4) is 0 Å².